The van der Waals surface area contributed by atoms with Crippen LogP contribution < -0.4 is 0 Å². The van der Waals surface area contributed by atoms with Gasteiger partial charge in [0.15, 0.2) is 0 Å². The van der Waals surface area contributed by atoms with Crippen LogP contribution in [-0.2, 0) is 0 Å². The summed E-state index contributed by atoms with van der Waals surface area (Å²) in [4.78, 5) is 0. The van der Waals surface area contributed by atoms with Gasteiger partial charge in [-0.05, 0) is 17.1 Å². The first kappa shape index (κ1) is 4.04. The molecule has 0 amide bonds. The molecule has 0 aromatic heterocycles. The highest BCUT2D eigenvalue weighted by Gasteiger charge is 1.99. The van der Waals surface area contributed by atoms with Crippen LogP contribution in [0.25, 0.3) is 0 Å². The van der Waals surface area contributed by atoms with Gasteiger partial charge in [-0.1, -0.05) is 5.67 Å². The van der Waals surface area contributed by atoms with Gasteiger partial charge in [0.1, 0.15) is 0 Å². The molecule has 30 valence electrons. The Kier molecular flexibility index (Phi) is 1.71. The molecule has 4 heteroatoms. The Hall–Kier alpha value is 0.868. The van der Waals surface area contributed by atoms with Crippen molar-refractivity contribution >= 4 is 35.2 Å². The quantitative estimate of drug-likeness (QED) is 0.306. The summed E-state index contributed by atoms with van der Waals surface area (Å²) >= 11 is 0. The Balaban J connectivity index is 2.08. The predicted molar refractivity (Wildman–Crippen MR) is 39.0 cm³/mol. The number of rotatable bonds is 0. The molecule has 0 atom stereocenters. The van der Waals surface area contributed by atoms with Gasteiger partial charge in [0.2, 0.25) is 0 Å². The third kappa shape index (κ3) is 1.16. The Morgan fingerprint density at radius 1 is 1.00 bits per heavy atom. The van der Waals surface area contributed by atoms with Crippen molar-refractivity contribution in [2.24, 2.45) is 0 Å². The highest BCUT2D eigenvalue weighted by atomic mass is 29.7. The molecule has 1 aliphatic rings. The minimum atomic E-state index is 0.806. The van der Waals surface area contributed by atoms with Crippen LogP contribution in [0.2, 0.25) is 5.67 Å². The van der Waals surface area contributed by atoms with Gasteiger partial charge >= 0.3 is 0 Å². The summed E-state index contributed by atoms with van der Waals surface area (Å²) in [6.45, 7) is 0. The van der Waals surface area contributed by atoms with E-state index < -0.39 is 0 Å². The van der Waals surface area contributed by atoms with Crippen LogP contribution >= 0.6 is 0 Å². The van der Waals surface area contributed by atoms with Crippen LogP contribution in [0.5, 0.6) is 0 Å². The summed E-state index contributed by atoms with van der Waals surface area (Å²) in [7, 11) is 3.38. The normalized spacial score (nSPS) is 43.2. The lowest BCUT2D eigenvalue weighted by Gasteiger charge is -1.65. The number of hydrogen-bond acceptors (Lipinski definition) is 0. The molecule has 0 unspecified atom stereocenters. The summed E-state index contributed by atoms with van der Waals surface area (Å²) in [6, 6.07) is 0. The van der Waals surface area contributed by atoms with Crippen molar-refractivity contribution in [1.29, 1.82) is 0 Å². The van der Waals surface area contributed by atoms with E-state index in [9.17, 15) is 0 Å². The summed E-state index contributed by atoms with van der Waals surface area (Å²) in [5.74, 6) is 0. The molecule has 0 bridgehead atoms. The first-order valence-corrected chi connectivity index (χ1v) is 16.5. The van der Waals surface area contributed by atoms with Crippen LogP contribution in [0.15, 0.2) is 0 Å². The van der Waals surface area contributed by atoms with E-state index in [1.54, 1.807) is 0 Å². The van der Waals surface area contributed by atoms with Crippen molar-refractivity contribution in [2.75, 3.05) is 0 Å². The molecule has 1 rings (SSSR count). The highest BCUT2D eigenvalue weighted by molar-refractivity contribution is 7.51. The van der Waals surface area contributed by atoms with E-state index in [2.05, 4.69) is 0 Å². The standard InChI is InChI=1S/CH10Si4/c1-2-4-5-3-1/h1-5H2. The molecule has 0 saturated carbocycles. The fourth-order valence-electron chi connectivity index (χ4n) is 0.884. The molecular weight excluding hydrogens is 124 g/mol. The second-order valence-electron chi connectivity index (χ2n) is 1.77. The van der Waals surface area contributed by atoms with E-state index in [1.165, 1.54) is 0 Å². The second-order valence-corrected chi connectivity index (χ2v) is 28.6. The van der Waals surface area contributed by atoms with Gasteiger partial charge in [-0.2, -0.15) is 0 Å². The van der Waals surface area contributed by atoms with Crippen molar-refractivity contribution in [1.82, 2.24) is 0 Å². The van der Waals surface area contributed by atoms with Crippen LogP contribution in [0.3, 0.4) is 0 Å². The van der Waals surface area contributed by atoms with Crippen LogP contribution in [0.1, 0.15) is 0 Å². The summed E-state index contributed by atoms with van der Waals surface area (Å²) in [5, 5.41) is 0. The maximum absolute atomic E-state index is 1.90. The zero-order valence-corrected chi connectivity index (χ0v) is 9.19. The molecule has 1 fully saturated rings. The molecular formula is CH10Si4. The minimum absolute atomic E-state index is 0.806. The third-order valence-corrected chi connectivity index (χ3v) is 47.2. The van der Waals surface area contributed by atoms with Crippen LogP contribution in [-0.4, -0.2) is 35.2 Å². The van der Waals surface area contributed by atoms with Gasteiger partial charge in [0, 0.05) is 18.1 Å². The average molecular weight is 134 g/mol. The molecule has 0 aromatic rings. The van der Waals surface area contributed by atoms with Crippen LogP contribution in [0.4, 0.5) is 0 Å². The van der Waals surface area contributed by atoms with Crippen molar-refractivity contribution in [2.45, 2.75) is 5.67 Å². The van der Waals surface area contributed by atoms with E-state index in [0.717, 1.165) is 35.2 Å². The van der Waals surface area contributed by atoms with E-state index in [-0.39, 0.29) is 0 Å². The zero-order chi connectivity index (χ0) is 3.54. The smallest absolute Gasteiger partial charge is 0.00116 e. The Morgan fingerprint density at radius 2 is 1.60 bits per heavy atom. The summed E-state index contributed by atoms with van der Waals surface area (Å²) in [6.07, 6.45) is 0. The van der Waals surface area contributed by atoms with E-state index in [4.69, 9.17) is 0 Å². The average Bonchev–Trinajstić information content (AvgIpc) is 1.76. The fourth-order valence-corrected chi connectivity index (χ4v) is 71.6. The molecule has 1 heterocycles. The lowest BCUT2D eigenvalue weighted by atomic mass is 11.9. The van der Waals surface area contributed by atoms with Gasteiger partial charge in [-0.3, -0.25) is 0 Å². The molecule has 0 aliphatic carbocycles. The molecule has 5 heavy (non-hydrogen) atoms. The van der Waals surface area contributed by atoms with Gasteiger partial charge in [-0.15, -0.1) is 0 Å². The molecule has 0 radical (unpaired) electrons. The largest absolute Gasteiger partial charge is 0.0771 e. The van der Waals surface area contributed by atoms with Crippen molar-refractivity contribution in [3.63, 3.8) is 0 Å². The van der Waals surface area contributed by atoms with Crippen LogP contribution in [0, 0.1) is 0 Å². The van der Waals surface area contributed by atoms with Gasteiger partial charge in [-0.25, -0.2) is 0 Å². The lowest BCUT2D eigenvalue weighted by molar-refractivity contribution is 2.11. The van der Waals surface area contributed by atoms with Crippen molar-refractivity contribution in [3.05, 3.63) is 0 Å². The molecule has 0 N–H and O–H groups in total. The monoisotopic (exact) mass is 134 g/mol. The SMILES string of the molecule is C1[SiH2][SiH2][SiH2][SiH2]1. The maximum Gasteiger partial charge on any atom is 0.00116 e. The molecule has 1 saturated heterocycles. The zero-order valence-electron chi connectivity index (χ0n) is 3.54. The number of hydrogen-bond donors (Lipinski definition) is 0. The Bertz CT molecular complexity index is 15.2. The summed E-state index contributed by atoms with van der Waals surface area (Å²) < 4.78 is 0. The Labute approximate surface area is 41.4 Å². The summed E-state index contributed by atoms with van der Waals surface area (Å²) in [5.41, 5.74) is 1.90. The topological polar surface area (TPSA) is 0 Å². The second kappa shape index (κ2) is 2.11. The van der Waals surface area contributed by atoms with E-state index >= 15 is 0 Å². The van der Waals surface area contributed by atoms with E-state index in [1.807, 2.05) is 5.67 Å². The fraction of sp³-hybridized carbons (Fsp3) is 1.00. The predicted octanol–water partition coefficient (Wildman–Crippen LogP) is -3.20. The Morgan fingerprint density at radius 3 is 1.80 bits per heavy atom. The molecule has 1 aliphatic heterocycles. The molecule has 0 nitrogen and oxygen atoms in total. The third-order valence-electron chi connectivity index (χ3n) is 1.25. The van der Waals surface area contributed by atoms with E-state index in [0.29, 0.717) is 0 Å². The molecule has 0 aromatic carbocycles. The first-order chi connectivity index (χ1) is 2.50. The van der Waals surface area contributed by atoms with Gasteiger partial charge < -0.3 is 0 Å². The van der Waals surface area contributed by atoms with Crippen molar-refractivity contribution in [3.8, 4) is 0 Å². The lowest BCUT2D eigenvalue weighted by Crippen LogP contribution is -2.00. The van der Waals surface area contributed by atoms with Crippen molar-refractivity contribution < 1.29 is 0 Å². The maximum atomic E-state index is 1.90. The van der Waals surface area contributed by atoms with Gasteiger partial charge in [0.25, 0.3) is 0 Å². The first-order valence-electron chi connectivity index (χ1n) is 2.50. The van der Waals surface area contributed by atoms with Gasteiger partial charge in [0.05, 0.1) is 0 Å². The highest BCUT2D eigenvalue weighted by Crippen LogP contribution is 1.77. The molecule has 0 spiro atoms. The minimum Gasteiger partial charge on any atom is -0.0771 e.